The molecule has 1 aromatic carbocycles. The number of ether oxygens (including phenoxy) is 1. The quantitative estimate of drug-likeness (QED) is 0.595. The number of rotatable bonds is 7. The zero-order chi connectivity index (χ0) is 23.4. The molecule has 0 amide bonds. The molecule has 0 spiro atoms. The van der Waals surface area contributed by atoms with Crippen LogP contribution in [0.1, 0.15) is 22.9 Å². The van der Waals surface area contributed by atoms with E-state index in [1.807, 2.05) is 23.1 Å². The lowest BCUT2D eigenvalue weighted by Crippen LogP contribution is -2.49. The Labute approximate surface area is 192 Å². The third-order valence-electron chi connectivity index (χ3n) is 6.21. The standard InChI is InChI=1S/C25H29FN4O3/c1-18-17-22(31)23(25(32)30(18)15-16-33-2)24(19-7-9-27-10-8-19)29-13-11-28(12-14-29)21-6-4-3-5-20(21)26/h3-10,17,24,31H,11-16H2,1-2H3. The van der Waals surface area contributed by atoms with E-state index in [4.69, 9.17) is 4.74 Å². The number of piperazine rings is 1. The van der Waals surface area contributed by atoms with E-state index in [-0.39, 0.29) is 17.1 Å². The summed E-state index contributed by atoms with van der Waals surface area (Å²) in [5.74, 6) is -0.265. The summed E-state index contributed by atoms with van der Waals surface area (Å²) in [4.78, 5) is 21.8. The minimum absolute atomic E-state index is 0.0236. The van der Waals surface area contributed by atoms with Crippen LogP contribution in [0.15, 0.2) is 59.7 Å². The van der Waals surface area contributed by atoms with Crippen molar-refractivity contribution >= 4 is 5.69 Å². The molecule has 174 valence electrons. The van der Waals surface area contributed by atoms with Gasteiger partial charge in [-0.3, -0.25) is 14.7 Å². The Kier molecular flexibility index (Phi) is 7.05. The molecule has 1 atom stereocenters. The van der Waals surface area contributed by atoms with Crippen molar-refractivity contribution in [3.05, 3.63) is 87.9 Å². The summed E-state index contributed by atoms with van der Waals surface area (Å²) in [5, 5.41) is 10.9. The summed E-state index contributed by atoms with van der Waals surface area (Å²) in [6.07, 6.45) is 3.37. The molecule has 1 fully saturated rings. The summed E-state index contributed by atoms with van der Waals surface area (Å²) in [6, 6.07) is 11.7. The van der Waals surface area contributed by atoms with E-state index in [0.29, 0.717) is 56.3 Å². The molecular formula is C25H29FN4O3. The molecule has 7 nitrogen and oxygen atoms in total. The molecule has 3 aromatic rings. The van der Waals surface area contributed by atoms with Crippen molar-refractivity contribution in [1.29, 1.82) is 0 Å². The molecule has 1 aliphatic rings. The van der Waals surface area contributed by atoms with Gasteiger partial charge in [0.2, 0.25) is 0 Å². The van der Waals surface area contributed by atoms with E-state index < -0.39 is 6.04 Å². The van der Waals surface area contributed by atoms with Crippen LogP contribution in [0.25, 0.3) is 0 Å². The van der Waals surface area contributed by atoms with Crippen molar-refractivity contribution in [2.45, 2.75) is 19.5 Å². The Hall–Kier alpha value is -3.23. The van der Waals surface area contributed by atoms with Crippen LogP contribution in [0.4, 0.5) is 10.1 Å². The second-order valence-electron chi connectivity index (χ2n) is 8.19. The van der Waals surface area contributed by atoms with Crippen LogP contribution in [-0.2, 0) is 11.3 Å². The fraction of sp³-hybridized carbons (Fsp3) is 0.360. The SMILES string of the molecule is COCCn1c(C)cc(O)c(C(c2ccncc2)N2CCN(c3ccccc3F)CC2)c1=O. The van der Waals surface area contributed by atoms with Gasteiger partial charge in [0.15, 0.2) is 0 Å². The van der Waals surface area contributed by atoms with Gasteiger partial charge >= 0.3 is 0 Å². The molecule has 8 heteroatoms. The van der Waals surface area contributed by atoms with Gasteiger partial charge in [-0.05, 0) is 42.8 Å². The monoisotopic (exact) mass is 452 g/mol. The molecule has 4 rings (SSSR count). The molecule has 0 saturated carbocycles. The molecule has 0 bridgehead atoms. The van der Waals surface area contributed by atoms with Crippen LogP contribution in [0.2, 0.25) is 0 Å². The summed E-state index contributed by atoms with van der Waals surface area (Å²) in [5.41, 5.74) is 2.23. The zero-order valence-electron chi connectivity index (χ0n) is 18.9. The first-order chi connectivity index (χ1) is 16.0. The largest absolute Gasteiger partial charge is 0.507 e. The van der Waals surface area contributed by atoms with Crippen molar-refractivity contribution in [2.24, 2.45) is 0 Å². The number of nitrogens with zero attached hydrogens (tertiary/aromatic N) is 4. The number of hydrogen-bond acceptors (Lipinski definition) is 6. The maximum absolute atomic E-state index is 14.3. The number of aromatic hydroxyl groups is 1. The third kappa shape index (κ3) is 4.77. The van der Waals surface area contributed by atoms with Crippen LogP contribution < -0.4 is 10.5 Å². The highest BCUT2D eigenvalue weighted by Crippen LogP contribution is 2.33. The molecule has 1 aliphatic heterocycles. The van der Waals surface area contributed by atoms with Gasteiger partial charge < -0.3 is 19.3 Å². The fourth-order valence-corrected chi connectivity index (χ4v) is 4.52. The maximum Gasteiger partial charge on any atom is 0.259 e. The molecule has 1 saturated heterocycles. The molecular weight excluding hydrogens is 423 g/mol. The number of halogens is 1. The summed E-state index contributed by atoms with van der Waals surface area (Å²) >= 11 is 0. The van der Waals surface area contributed by atoms with Gasteiger partial charge in [0.1, 0.15) is 11.6 Å². The smallest absolute Gasteiger partial charge is 0.259 e. The number of pyridine rings is 2. The minimum Gasteiger partial charge on any atom is -0.507 e. The van der Waals surface area contributed by atoms with Crippen molar-refractivity contribution in [1.82, 2.24) is 14.5 Å². The summed E-state index contributed by atoms with van der Waals surface area (Å²) < 4.78 is 21.1. The lowest BCUT2D eigenvalue weighted by Gasteiger charge is -2.40. The number of para-hydroxylation sites is 1. The van der Waals surface area contributed by atoms with E-state index in [0.717, 1.165) is 5.56 Å². The maximum atomic E-state index is 14.3. The highest BCUT2D eigenvalue weighted by atomic mass is 19.1. The lowest BCUT2D eigenvalue weighted by molar-refractivity contribution is 0.183. The third-order valence-corrected chi connectivity index (χ3v) is 6.21. The fourth-order valence-electron chi connectivity index (χ4n) is 4.52. The van der Waals surface area contributed by atoms with Gasteiger partial charge in [0.25, 0.3) is 5.56 Å². The Morgan fingerprint density at radius 2 is 1.82 bits per heavy atom. The Morgan fingerprint density at radius 3 is 2.48 bits per heavy atom. The van der Waals surface area contributed by atoms with E-state index in [2.05, 4.69) is 9.88 Å². The zero-order valence-corrected chi connectivity index (χ0v) is 18.9. The van der Waals surface area contributed by atoms with Crippen LogP contribution in [0.3, 0.4) is 0 Å². The minimum atomic E-state index is -0.447. The van der Waals surface area contributed by atoms with Crippen molar-refractivity contribution < 1.29 is 14.2 Å². The molecule has 0 radical (unpaired) electrons. The first-order valence-corrected chi connectivity index (χ1v) is 11.1. The van der Waals surface area contributed by atoms with E-state index in [1.54, 1.807) is 49.2 Å². The highest BCUT2D eigenvalue weighted by Gasteiger charge is 2.31. The first-order valence-electron chi connectivity index (χ1n) is 11.1. The molecule has 33 heavy (non-hydrogen) atoms. The van der Waals surface area contributed by atoms with Gasteiger partial charge in [-0.25, -0.2) is 4.39 Å². The normalized spacial score (nSPS) is 15.5. The van der Waals surface area contributed by atoms with Gasteiger partial charge in [0, 0.05) is 57.9 Å². The highest BCUT2D eigenvalue weighted by molar-refractivity contribution is 5.48. The molecule has 1 unspecified atom stereocenters. The van der Waals surface area contributed by atoms with Crippen LogP contribution in [0, 0.1) is 12.7 Å². The van der Waals surface area contributed by atoms with Crippen LogP contribution in [0.5, 0.6) is 5.75 Å². The predicted octanol–water partition coefficient (Wildman–Crippen LogP) is 2.95. The molecule has 1 N–H and O–H groups in total. The number of hydrogen-bond donors (Lipinski definition) is 1. The van der Waals surface area contributed by atoms with Gasteiger partial charge in [-0.15, -0.1) is 0 Å². The Bertz CT molecular complexity index is 1140. The Morgan fingerprint density at radius 1 is 1.12 bits per heavy atom. The number of benzene rings is 1. The summed E-state index contributed by atoms with van der Waals surface area (Å²) in [6.45, 7) is 5.01. The van der Waals surface area contributed by atoms with Crippen molar-refractivity contribution in [3.63, 3.8) is 0 Å². The van der Waals surface area contributed by atoms with Gasteiger partial charge in [0.05, 0.1) is 23.9 Å². The Balaban J connectivity index is 1.70. The number of aromatic nitrogens is 2. The van der Waals surface area contributed by atoms with Crippen LogP contribution in [-0.4, -0.2) is 59.5 Å². The average Bonchev–Trinajstić information content (AvgIpc) is 2.83. The van der Waals surface area contributed by atoms with Crippen LogP contribution >= 0.6 is 0 Å². The van der Waals surface area contributed by atoms with Crippen molar-refractivity contribution in [3.8, 4) is 5.75 Å². The number of anilines is 1. The topological polar surface area (TPSA) is 70.8 Å². The second kappa shape index (κ2) is 10.1. The molecule has 2 aromatic heterocycles. The second-order valence-corrected chi connectivity index (χ2v) is 8.19. The molecule has 0 aliphatic carbocycles. The summed E-state index contributed by atoms with van der Waals surface area (Å²) in [7, 11) is 1.59. The lowest BCUT2D eigenvalue weighted by atomic mass is 9.96. The van der Waals surface area contributed by atoms with E-state index in [1.165, 1.54) is 6.07 Å². The first kappa shape index (κ1) is 22.9. The molecule has 3 heterocycles. The number of methoxy groups -OCH3 is 1. The van der Waals surface area contributed by atoms with E-state index in [9.17, 15) is 14.3 Å². The van der Waals surface area contributed by atoms with E-state index >= 15 is 0 Å². The predicted molar refractivity (Wildman–Crippen MR) is 125 cm³/mol. The number of aryl methyl sites for hydroxylation is 1. The van der Waals surface area contributed by atoms with Crippen molar-refractivity contribution in [2.75, 3.05) is 44.8 Å². The van der Waals surface area contributed by atoms with Gasteiger partial charge in [-0.2, -0.15) is 0 Å². The average molecular weight is 453 g/mol. The van der Waals surface area contributed by atoms with Gasteiger partial charge in [-0.1, -0.05) is 12.1 Å².